The summed E-state index contributed by atoms with van der Waals surface area (Å²) in [5.41, 5.74) is 0.111. The minimum Gasteiger partial charge on any atom is -0.479 e. The number of aromatic nitrogens is 2. The number of carbonyl (C=O) groups excluding carboxylic acids is 1. The molecule has 7 nitrogen and oxygen atoms in total. The van der Waals surface area contributed by atoms with Gasteiger partial charge >= 0.3 is 0 Å². The molecule has 2 heterocycles. The molecule has 2 rings (SSSR count). The van der Waals surface area contributed by atoms with Gasteiger partial charge in [-0.15, -0.1) is 0 Å². The van der Waals surface area contributed by atoms with Crippen LogP contribution in [0.4, 0.5) is 5.82 Å². The largest absolute Gasteiger partial charge is 0.479 e. The van der Waals surface area contributed by atoms with Gasteiger partial charge in [-0.2, -0.15) is 4.98 Å². The van der Waals surface area contributed by atoms with Gasteiger partial charge in [-0.3, -0.25) is 9.69 Å². The van der Waals surface area contributed by atoms with Crippen LogP contribution in [0.3, 0.4) is 0 Å². The summed E-state index contributed by atoms with van der Waals surface area (Å²) < 4.78 is 5.18. The Morgan fingerprint density at radius 3 is 2.87 bits per heavy atom. The quantitative estimate of drug-likeness (QED) is 0.787. The van der Waals surface area contributed by atoms with Crippen LogP contribution in [-0.4, -0.2) is 60.1 Å². The van der Waals surface area contributed by atoms with Crippen LogP contribution in [0.15, 0.2) is 0 Å². The molecule has 1 saturated heterocycles. The summed E-state index contributed by atoms with van der Waals surface area (Å²) in [6, 6.07) is 0.374. The number of ether oxygens (including phenoxy) is 1. The van der Waals surface area contributed by atoms with Crippen molar-refractivity contribution < 1.29 is 9.53 Å². The Kier molecular flexibility index (Phi) is 6.41. The molecule has 1 unspecified atom stereocenters. The van der Waals surface area contributed by atoms with Crippen LogP contribution in [-0.2, 0) is 0 Å². The number of rotatable bonds is 7. The van der Waals surface area contributed by atoms with E-state index in [1.807, 2.05) is 6.92 Å². The topological polar surface area (TPSA) is 79.4 Å². The lowest BCUT2D eigenvalue weighted by atomic mass is 10.2. The van der Waals surface area contributed by atoms with Crippen molar-refractivity contribution >= 4 is 23.3 Å². The molecule has 1 amide bonds. The van der Waals surface area contributed by atoms with Gasteiger partial charge in [-0.05, 0) is 32.9 Å². The van der Waals surface area contributed by atoms with Crippen molar-refractivity contribution in [3.63, 3.8) is 0 Å². The van der Waals surface area contributed by atoms with Crippen LogP contribution < -0.4 is 15.4 Å². The number of halogens is 1. The summed E-state index contributed by atoms with van der Waals surface area (Å²) >= 11 is 6.07. The van der Waals surface area contributed by atoms with Gasteiger partial charge in [0, 0.05) is 19.1 Å². The Labute approximate surface area is 141 Å². The summed E-state index contributed by atoms with van der Waals surface area (Å²) in [5, 5.41) is 6.06. The molecule has 128 valence electrons. The van der Waals surface area contributed by atoms with E-state index in [2.05, 4.69) is 32.4 Å². The smallest absolute Gasteiger partial charge is 0.275 e. The van der Waals surface area contributed by atoms with Crippen molar-refractivity contribution in [2.45, 2.75) is 32.7 Å². The van der Waals surface area contributed by atoms with E-state index in [0.29, 0.717) is 24.9 Å². The summed E-state index contributed by atoms with van der Waals surface area (Å²) in [6.07, 6.45) is 2.26. The first-order valence-corrected chi connectivity index (χ1v) is 8.36. The van der Waals surface area contributed by atoms with E-state index in [9.17, 15) is 4.79 Å². The first kappa shape index (κ1) is 17.7. The van der Waals surface area contributed by atoms with Crippen molar-refractivity contribution in [1.82, 2.24) is 20.2 Å². The molecular formula is C15H24ClN5O2. The minimum atomic E-state index is -0.317. The van der Waals surface area contributed by atoms with E-state index in [1.165, 1.54) is 13.5 Å². The third-order valence-electron chi connectivity index (χ3n) is 3.98. The molecule has 2 N–H and O–H groups in total. The van der Waals surface area contributed by atoms with E-state index in [-0.39, 0.29) is 22.6 Å². The molecule has 0 spiro atoms. The molecule has 0 aliphatic carbocycles. The van der Waals surface area contributed by atoms with Gasteiger partial charge in [0.1, 0.15) is 0 Å². The fraction of sp³-hybridized carbons (Fsp3) is 0.667. The van der Waals surface area contributed by atoms with Crippen molar-refractivity contribution in [2.24, 2.45) is 0 Å². The number of nitrogens with one attached hydrogen (secondary N) is 2. The number of methoxy groups -OCH3 is 1. The Morgan fingerprint density at radius 2 is 2.22 bits per heavy atom. The van der Waals surface area contributed by atoms with Crippen molar-refractivity contribution in [3.8, 4) is 5.88 Å². The number of hydrogen-bond acceptors (Lipinski definition) is 6. The lowest BCUT2D eigenvalue weighted by molar-refractivity contribution is 0.0932. The van der Waals surface area contributed by atoms with E-state index >= 15 is 0 Å². The highest BCUT2D eigenvalue weighted by Crippen LogP contribution is 2.23. The van der Waals surface area contributed by atoms with Gasteiger partial charge in [0.25, 0.3) is 5.91 Å². The summed E-state index contributed by atoms with van der Waals surface area (Å²) in [7, 11) is 1.46. The predicted octanol–water partition coefficient (Wildman–Crippen LogP) is 1.78. The normalized spacial score (nSPS) is 18.0. The average Bonchev–Trinajstić information content (AvgIpc) is 3.01. The maximum Gasteiger partial charge on any atom is 0.275 e. The van der Waals surface area contributed by atoms with Gasteiger partial charge in [-0.25, -0.2) is 4.98 Å². The first-order valence-electron chi connectivity index (χ1n) is 7.98. The molecule has 0 bridgehead atoms. The average molecular weight is 342 g/mol. The number of carbonyl (C=O) groups is 1. The molecule has 1 atom stereocenters. The second-order valence-corrected chi connectivity index (χ2v) is 5.74. The summed E-state index contributed by atoms with van der Waals surface area (Å²) in [5.74, 6) is 0.263. The number of nitrogens with zero attached hydrogens (tertiary/aromatic N) is 3. The molecule has 0 aromatic carbocycles. The molecule has 23 heavy (non-hydrogen) atoms. The van der Waals surface area contributed by atoms with Crippen LogP contribution in [0.2, 0.25) is 5.15 Å². The summed E-state index contributed by atoms with van der Waals surface area (Å²) in [4.78, 5) is 23.1. The van der Waals surface area contributed by atoms with E-state index in [1.54, 1.807) is 0 Å². The molecule has 0 saturated carbocycles. The molecule has 1 aliphatic rings. The number of anilines is 1. The van der Waals surface area contributed by atoms with E-state index < -0.39 is 0 Å². The molecule has 1 aromatic heterocycles. The predicted molar refractivity (Wildman–Crippen MR) is 90.4 cm³/mol. The third kappa shape index (κ3) is 4.23. The first-order chi connectivity index (χ1) is 11.1. The van der Waals surface area contributed by atoms with Crippen molar-refractivity contribution in [1.29, 1.82) is 0 Å². The van der Waals surface area contributed by atoms with Crippen LogP contribution in [0.25, 0.3) is 0 Å². The Bertz CT molecular complexity index is 555. The lowest BCUT2D eigenvalue weighted by Gasteiger charge is -2.22. The zero-order valence-electron chi connectivity index (χ0n) is 13.9. The number of amides is 1. The monoisotopic (exact) mass is 341 g/mol. The standard InChI is InChI=1S/C15H24ClN5O2/c1-4-17-13-12(16)19-11(15(20-13)23-3)14(22)18-9-10-7-6-8-21(10)5-2/h10H,4-9H2,1-3H3,(H,17,20)(H,18,22). The summed E-state index contributed by atoms with van der Waals surface area (Å²) in [6.45, 7) is 7.37. The van der Waals surface area contributed by atoms with Crippen LogP contribution >= 0.6 is 11.6 Å². The third-order valence-corrected chi connectivity index (χ3v) is 4.24. The maximum atomic E-state index is 12.4. The zero-order chi connectivity index (χ0) is 16.8. The fourth-order valence-electron chi connectivity index (χ4n) is 2.81. The van der Waals surface area contributed by atoms with E-state index in [0.717, 1.165) is 19.5 Å². The van der Waals surface area contributed by atoms with Crippen LogP contribution in [0.5, 0.6) is 5.88 Å². The molecule has 1 aromatic rings. The molecule has 1 fully saturated rings. The van der Waals surface area contributed by atoms with Gasteiger partial charge < -0.3 is 15.4 Å². The fourth-order valence-corrected chi connectivity index (χ4v) is 3.00. The van der Waals surface area contributed by atoms with Crippen molar-refractivity contribution in [3.05, 3.63) is 10.8 Å². The van der Waals surface area contributed by atoms with Crippen LogP contribution in [0, 0.1) is 0 Å². The number of hydrogen-bond donors (Lipinski definition) is 2. The second-order valence-electron chi connectivity index (χ2n) is 5.39. The number of likely N-dealkylation sites (tertiary alicyclic amines) is 1. The van der Waals surface area contributed by atoms with Gasteiger partial charge in [0.2, 0.25) is 5.88 Å². The Morgan fingerprint density at radius 1 is 1.43 bits per heavy atom. The highest BCUT2D eigenvalue weighted by Gasteiger charge is 2.25. The maximum absolute atomic E-state index is 12.4. The Hall–Kier alpha value is -1.60. The highest BCUT2D eigenvalue weighted by atomic mass is 35.5. The van der Waals surface area contributed by atoms with Crippen molar-refractivity contribution in [2.75, 3.05) is 38.6 Å². The van der Waals surface area contributed by atoms with Gasteiger partial charge in [0.05, 0.1) is 7.11 Å². The minimum absolute atomic E-state index is 0.111. The van der Waals surface area contributed by atoms with Gasteiger partial charge in [0.15, 0.2) is 16.7 Å². The molecular weight excluding hydrogens is 318 g/mol. The second kappa shape index (κ2) is 8.31. The molecule has 0 radical (unpaired) electrons. The number of likely N-dealkylation sites (N-methyl/N-ethyl adjacent to an activating group) is 1. The Balaban J connectivity index is 2.07. The lowest BCUT2D eigenvalue weighted by Crippen LogP contribution is -2.40. The zero-order valence-corrected chi connectivity index (χ0v) is 14.6. The SMILES string of the molecule is CCNc1nc(OC)c(C(=O)NCC2CCCN2CC)nc1Cl. The van der Waals surface area contributed by atoms with Crippen LogP contribution in [0.1, 0.15) is 37.2 Å². The van der Waals surface area contributed by atoms with E-state index in [4.69, 9.17) is 16.3 Å². The van der Waals surface area contributed by atoms with Gasteiger partial charge in [-0.1, -0.05) is 18.5 Å². The molecule has 8 heteroatoms. The molecule has 1 aliphatic heterocycles. The highest BCUT2D eigenvalue weighted by molar-refractivity contribution is 6.31.